The molecule has 3 heterocycles. The lowest BCUT2D eigenvalue weighted by atomic mass is 10.1. The zero-order valence-electron chi connectivity index (χ0n) is 16.6. The number of likely N-dealkylation sites (tertiary alicyclic amines) is 1. The highest BCUT2D eigenvalue weighted by atomic mass is 16.2. The third-order valence-electron chi connectivity index (χ3n) is 6.05. The van der Waals surface area contributed by atoms with E-state index in [1.807, 2.05) is 11.0 Å². The molecule has 2 aromatic heterocycles. The van der Waals surface area contributed by atoms with Gasteiger partial charge in [0.2, 0.25) is 0 Å². The van der Waals surface area contributed by atoms with Gasteiger partial charge in [-0.05, 0) is 50.2 Å². The zero-order valence-corrected chi connectivity index (χ0v) is 16.6. The van der Waals surface area contributed by atoms with Crippen molar-refractivity contribution in [3.8, 4) is 0 Å². The van der Waals surface area contributed by atoms with Gasteiger partial charge in [0.15, 0.2) is 5.69 Å². The molecule has 1 aromatic carbocycles. The van der Waals surface area contributed by atoms with Crippen LogP contribution in [0.2, 0.25) is 0 Å². The minimum atomic E-state index is 0.0207. The monoisotopic (exact) mass is 377 g/mol. The van der Waals surface area contributed by atoms with Crippen LogP contribution in [0, 0.1) is 5.92 Å². The molecule has 3 aromatic rings. The molecule has 0 unspecified atom stereocenters. The van der Waals surface area contributed by atoms with Crippen molar-refractivity contribution in [2.24, 2.45) is 5.92 Å². The molecule has 1 aliphatic carbocycles. The predicted octanol–water partition coefficient (Wildman–Crippen LogP) is 3.88. The second-order valence-electron chi connectivity index (χ2n) is 8.50. The Morgan fingerprint density at radius 3 is 2.96 bits per heavy atom. The van der Waals surface area contributed by atoms with Crippen LogP contribution < -0.4 is 0 Å². The molecule has 1 N–H and O–H groups in total. The molecule has 6 heteroatoms. The Kier molecular flexibility index (Phi) is 4.22. The molecule has 1 saturated heterocycles. The fraction of sp³-hybridized carbons (Fsp3) is 0.500. The van der Waals surface area contributed by atoms with E-state index in [0.717, 1.165) is 73.3 Å². The molecule has 0 saturated carbocycles. The van der Waals surface area contributed by atoms with E-state index in [1.165, 1.54) is 0 Å². The molecule has 0 radical (unpaired) electrons. The van der Waals surface area contributed by atoms with E-state index in [1.54, 1.807) is 0 Å². The molecule has 1 atom stereocenters. The van der Waals surface area contributed by atoms with E-state index >= 15 is 0 Å². The van der Waals surface area contributed by atoms with Gasteiger partial charge in [-0.15, -0.1) is 0 Å². The number of carbonyl (C=O) groups excluding carboxylic acids is 1. The second kappa shape index (κ2) is 6.76. The van der Waals surface area contributed by atoms with Crippen LogP contribution in [0.3, 0.4) is 0 Å². The Bertz CT molecular complexity index is 1030. The van der Waals surface area contributed by atoms with Gasteiger partial charge in [-0.25, -0.2) is 4.98 Å². The van der Waals surface area contributed by atoms with Crippen molar-refractivity contribution in [2.75, 3.05) is 6.54 Å². The zero-order chi connectivity index (χ0) is 19.3. The molecule has 0 spiro atoms. The van der Waals surface area contributed by atoms with Crippen LogP contribution in [-0.4, -0.2) is 37.1 Å². The van der Waals surface area contributed by atoms with Gasteiger partial charge in [-0.3, -0.25) is 9.89 Å². The molecule has 5 rings (SSSR count). The Hall–Kier alpha value is -2.63. The van der Waals surface area contributed by atoms with E-state index < -0.39 is 0 Å². The number of para-hydroxylation sites is 2. The highest BCUT2D eigenvalue weighted by Gasteiger charge is 2.37. The number of rotatable bonds is 4. The Morgan fingerprint density at radius 1 is 1.25 bits per heavy atom. The van der Waals surface area contributed by atoms with Gasteiger partial charge in [0.1, 0.15) is 5.82 Å². The molecule has 6 nitrogen and oxygen atoms in total. The highest BCUT2D eigenvalue weighted by molar-refractivity contribution is 5.94. The smallest absolute Gasteiger partial charge is 0.275 e. The summed E-state index contributed by atoms with van der Waals surface area (Å²) in [5.74, 6) is 1.59. The van der Waals surface area contributed by atoms with Crippen LogP contribution in [0.15, 0.2) is 24.3 Å². The summed E-state index contributed by atoms with van der Waals surface area (Å²) >= 11 is 0. The number of hydrogen-bond acceptors (Lipinski definition) is 3. The Labute approximate surface area is 164 Å². The van der Waals surface area contributed by atoms with Gasteiger partial charge in [-0.1, -0.05) is 26.0 Å². The molecule has 0 bridgehead atoms. The number of nitrogens with zero attached hydrogens (tertiary/aromatic N) is 4. The van der Waals surface area contributed by atoms with E-state index in [4.69, 9.17) is 4.98 Å². The lowest BCUT2D eigenvalue weighted by Gasteiger charge is -2.25. The normalized spacial score (nSPS) is 19.1. The van der Waals surface area contributed by atoms with Crippen molar-refractivity contribution in [3.63, 3.8) is 0 Å². The maximum absolute atomic E-state index is 13.4. The Morgan fingerprint density at radius 2 is 2.11 bits per heavy atom. The third kappa shape index (κ3) is 2.74. The van der Waals surface area contributed by atoms with E-state index in [0.29, 0.717) is 11.6 Å². The van der Waals surface area contributed by atoms with Crippen molar-refractivity contribution >= 4 is 16.9 Å². The summed E-state index contributed by atoms with van der Waals surface area (Å²) in [6.07, 6.45) is 5.03. The van der Waals surface area contributed by atoms with Crippen LogP contribution in [0.4, 0.5) is 0 Å². The summed E-state index contributed by atoms with van der Waals surface area (Å²) in [6.45, 7) is 6.13. The van der Waals surface area contributed by atoms with Gasteiger partial charge < -0.3 is 9.47 Å². The van der Waals surface area contributed by atoms with Crippen molar-refractivity contribution < 1.29 is 4.79 Å². The topological polar surface area (TPSA) is 66.8 Å². The van der Waals surface area contributed by atoms with Gasteiger partial charge in [0.05, 0.1) is 17.1 Å². The van der Waals surface area contributed by atoms with Gasteiger partial charge in [0, 0.05) is 24.3 Å². The summed E-state index contributed by atoms with van der Waals surface area (Å²) in [4.78, 5) is 20.4. The summed E-state index contributed by atoms with van der Waals surface area (Å²) in [6, 6.07) is 8.32. The highest BCUT2D eigenvalue weighted by Crippen LogP contribution is 2.36. The number of imidazole rings is 1. The molecule has 2 aliphatic rings. The fourth-order valence-corrected chi connectivity index (χ4v) is 4.82. The number of fused-ring (bicyclic) bond motifs is 2. The minimum Gasteiger partial charge on any atom is -0.327 e. The third-order valence-corrected chi connectivity index (χ3v) is 6.05. The van der Waals surface area contributed by atoms with Crippen LogP contribution >= 0.6 is 0 Å². The first-order valence-corrected chi connectivity index (χ1v) is 10.5. The summed E-state index contributed by atoms with van der Waals surface area (Å²) in [7, 11) is 0. The van der Waals surface area contributed by atoms with Crippen molar-refractivity contribution in [1.82, 2.24) is 24.6 Å². The molecule has 28 heavy (non-hydrogen) atoms. The maximum atomic E-state index is 13.4. The molecule has 1 aliphatic heterocycles. The fourth-order valence-electron chi connectivity index (χ4n) is 4.82. The minimum absolute atomic E-state index is 0.0207. The number of aryl methyl sites for hydroxylation is 1. The van der Waals surface area contributed by atoms with Crippen LogP contribution in [0.5, 0.6) is 0 Å². The van der Waals surface area contributed by atoms with Crippen molar-refractivity contribution in [3.05, 3.63) is 47.0 Å². The number of H-pyrrole nitrogens is 1. The van der Waals surface area contributed by atoms with Gasteiger partial charge >= 0.3 is 0 Å². The van der Waals surface area contributed by atoms with Crippen LogP contribution in [0.1, 0.15) is 66.7 Å². The average molecular weight is 377 g/mol. The van der Waals surface area contributed by atoms with E-state index in [9.17, 15) is 4.79 Å². The summed E-state index contributed by atoms with van der Waals surface area (Å²) < 4.78 is 2.32. The maximum Gasteiger partial charge on any atom is 0.275 e. The molecular formula is C22H27N5O. The molecule has 1 fully saturated rings. The number of nitrogens with one attached hydrogen (secondary N) is 1. The molecular weight excluding hydrogens is 350 g/mol. The van der Waals surface area contributed by atoms with Crippen LogP contribution in [-0.2, 0) is 19.4 Å². The molecule has 146 valence electrons. The summed E-state index contributed by atoms with van der Waals surface area (Å²) in [5, 5.41) is 7.47. The van der Waals surface area contributed by atoms with Crippen LogP contribution in [0.25, 0.3) is 11.0 Å². The van der Waals surface area contributed by atoms with Crippen molar-refractivity contribution in [1.29, 1.82) is 0 Å². The largest absolute Gasteiger partial charge is 0.327 e. The standard InChI is InChI=1S/C22H27N5O/c1-14(2)13-27-18-10-4-3-8-17(18)23-21(27)19-11-6-12-26(19)22(28)20-15-7-5-9-16(15)24-25-20/h3-4,8,10,14,19H,5-7,9,11-13H2,1-2H3,(H,24,25)/t19-/m1/s1. The quantitative estimate of drug-likeness (QED) is 0.750. The number of aromatic nitrogens is 4. The number of hydrogen-bond donors (Lipinski definition) is 1. The van der Waals surface area contributed by atoms with E-state index in [-0.39, 0.29) is 11.9 Å². The number of benzene rings is 1. The van der Waals surface area contributed by atoms with Gasteiger partial charge in [-0.2, -0.15) is 5.10 Å². The lowest BCUT2D eigenvalue weighted by Crippen LogP contribution is -2.33. The first-order chi connectivity index (χ1) is 13.6. The number of aromatic amines is 1. The van der Waals surface area contributed by atoms with Gasteiger partial charge in [0.25, 0.3) is 5.91 Å². The Balaban J connectivity index is 1.54. The van der Waals surface area contributed by atoms with E-state index in [2.05, 4.69) is 46.8 Å². The second-order valence-corrected chi connectivity index (χ2v) is 8.50. The average Bonchev–Trinajstić information content (AvgIpc) is 3.44. The summed E-state index contributed by atoms with van der Waals surface area (Å²) in [5.41, 5.74) is 5.08. The first kappa shape index (κ1) is 17.5. The SMILES string of the molecule is CC(C)Cn1c([C@H]2CCCN2C(=O)c2n[nH]c3c2CCC3)nc2ccccc21. The predicted molar refractivity (Wildman–Crippen MR) is 108 cm³/mol. The number of carbonyl (C=O) groups is 1. The lowest BCUT2D eigenvalue weighted by molar-refractivity contribution is 0.0720. The molecule has 1 amide bonds. The number of amides is 1. The van der Waals surface area contributed by atoms with Crippen molar-refractivity contribution in [2.45, 2.75) is 58.5 Å². The first-order valence-electron chi connectivity index (χ1n) is 10.5.